The lowest BCUT2D eigenvalue weighted by Crippen LogP contribution is -2.23. The van der Waals surface area contributed by atoms with Gasteiger partial charge in [-0.05, 0) is 42.0 Å². The van der Waals surface area contributed by atoms with E-state index >= 15 is 0 Å². The number of aromatic hydroxyl groups is 1. The molecule has 0 radical (unpaired) electrons. The van der Waals surface area contributed by atoms with E-state index in [0.29, 0.717) is 16.7 Å². The summed E-state index contributed by atoms with van der Waals surface area (Å²) in [6.45, 7) is 0. The van der Waals surface area contributed by atoms with Crippen LogP contribution >= 0.6 is 0 Å². The summed E-state index contributed by atoms with van der Waals surface area (Å²) in [5.41, 5.74) is 1.40. The van der Waals surface area contributed by atoms with E-state index in [2.05, 4.69) is 5.10 Å². The normalized spacial score (nSPS) is 14.1. The van der Waals surface area contributed by atoms with Crippen molar-refractivity contribution in [2.75, 3.05) is 0 Å². The van der Waals surface area contributed by atoms with Gasteiger partial charge < -0.3 is 5.11 Å². The lowest BCUT2D eigenvalue weighted by Gasteiger charge is -2.05. The van der Waals surface area contributed by atoms with Gasteiger partial charge in [0.05, 0.1) is 17.3 Å². The number of imide groups is 1. The molecule has 0 saturated carbocycles. The Labute approximate surface area is 114 Å². The van der Waals surface area contributed by atoms with Crippen molar-refractivity contribution in [3.05, 3.63) is 65.2 Å². The molecule has 98 valence electrons. The summed E-state index contributed by atoms with van der Waals surface area (Å²) < 4.78 is 0. The van der Waals surface area contributed by atoms with Crippen LogP contribution < -0.4 is 0 Å². The predicted molar refractivity (Wildman–Crippen MR) is 72.6 cm³/mol. The maximum Gasteiger partial charge on any atom is 0.282 e. The third-order valence-electron chi connectivity index (χ3n) is 2.99. The summed E-state index contributed by atoms with van der Waals surface area (Å²) in [5.74, 6) is -0.718. The minimum Gasteiger partial charge on any atom is -0.508 e. The van der Waals surface area contributed by atoms with Gasteiger partial charge in [-0.15, -0.1) is 0 Å². The summed E-state index contributed by atoms with van der Waals surface area (Å²) in [6, 6.07) is 12.9. The van der Waals surface area contributed by atoms with Crippen molar-refractivity contribution >= 4 is 18.0 Å². The van der Waals surface area contributed by atoms with Crippen molar-refractivity contribution < 1.29 is 14.7 Å². The molecular formula is C15H10N2O3. The van der Waals surface area contributed by atoms with Crippen LogP contribution in [-0.2, 0) is 0 Å². The zero-order chi connectivity index (χ0) is 14.1. The molecule has 0 aliphatic carbocycles. The number of fused-ring (bicyclic) bond motifs is 1. The van der Waals surface area contributed by atoms with E-state index in [-0.39, 0.29) is 5.75 Å². The molecule has 0 atom stereocenters. The largest absolute Gasteiger partial charge is 0.508 e. The molecule has 1 N–H and O–H groups in total. The highest BCUT2D eigenvalue weighted by atomic mass is 16.3. The molecule has 2 amide bonds. The van der Waals surface area contributed by atoms with Crippen LogP contribution in [0.5, 0.6) is 5.75 Å². The summed E-state index contributed by atoms with van der Waals surface area (Å²) in [5, 5.41) is 13.9. The lowest BCUT2D eigenvalue weighted by atomic mass is 10.1. The number of phenols is 1. The topological polar surface area (TPSA) is 70.0 Å². The molecule has 2 aromatic carbocycles. The molecule has 1 aliphatic heterocycles. The van der Waals surface area contributed by atoms with Gasteiger partial charge in [0, 0.05) is 0 Å². The second-order valence-corrected chi connectivity index (χ2v) is 4.30. The van der Waals surface area contributed by atoms with Crippen molar-refractivity contribution in [3.8, 4) is 5.75 Å². The Morgan fingerprint density at radius 3 is 2.00 bits per heavy atom. The fourth-order valence-electron chi connectivity index (χ4n) is 1.97. The van der Waals surface area contributed by atoms with E-state index in [0.717, 1.165) is 5.01 Å². The first kappa shape index (κ1) is 12.1. The predicted octanol–water partition coefficient (Wildman–Crippen LogP) is 2.02. The molecule has 0 aromatic heterocycles. The van der Waals surface area contributed by atoms with E-state index in [1.165, 1.54) is 18.3 Å². The molecule has 3 rings (SSSR count). The molecule has 1 aliphatic rings. The fraction of sp³-hybridized carbons (Fsp3) is 0. The van der Waals surface area contributed by atoms with Gasteiger partial charge in [0.25, 0.3) is 11.8 Å². The second kappa shape index (κ2) is 4.62. The maximum atomic E-state index is 12.0. The lowest BCUT2D eigenvalue weighted by molar-refractivity contribution is 0.0660. The van der Waals surface area contributed by atoms with Crippen molar-refractivity contribution in [1.82, 2.24) is 5.01 Å². The van der Waals surface area contributed by atoms with Crippen molar-refractivity contribution in [3.63, 3.8) is 0 Å². The number of amides is 2. The molecule has 0 fully saturated rings. The van der Waals surface area contributed by atoms with Gasteiger partial charge in [-0.25, -0.2) is 0 Å². The van der Waals surface area contributed by atoms with E-state index < -0.39 is 11.8 Å². The summed E-state index contributed by atoms with van der Waals surface area (Å²) in [6.07, 6.45) is 1.40. The SMILES string of the molecule is O=C1c2ccccc2C(=O)N1/N=C\c1ccc(O)cc1. The summed E-state index contributed by atoms with van der Waals surface area (Å²) in [4.78, 5) is 24.1. The molecular weight excluding hydrogens is 256 g/mol. The number of rotatable bonds is 2. The number of nitrogens with zero attached hydrogens (tertiary/aromatic N) is 2. The second-order valence-electron chi connectivity index (χ2n) is 4.30. The van der Waals surface area contributed by atoms with Crippen LogP contribution in [-0.4, -0.2) is 28.1 Å². The van der Waals surface area contributed by atoms with Crippen LogP contribution in [0.3, 0.4) is 0 Å². The Kier molecular flexibility index (Phi) is 2.80. The van der Waals surface area contributed by atoms with Crippen LogP contribution in [0.4, 0.5) is 0 Å². The molecule has 5 nitrogen and oxygen atoms in total. The summed E-state index contributed by atoms with van der Waals surface area (Å²) >= 11 is 0. The van der Waals surface area contributed by atoms with Crippen LogP contribution in [0.25, 0.3) is 0 Å². The van der Waals surface area contributed by atoms with Crippen molar-refractivity contribution in [1.29, 1.82) is 0 Å². The number of hydrazone groups is 1. The number of carbonyl (C=O) groups excluding carboxylic acids is 2. The molecule has 0 bridgehead atoms. The first-order valence-electron chi connectivity index (χ1n) is 5.97. The van der Waals surface area contributed by atoms with E-state index in [4.69, 9.17) is 0 Å². The van der Waals surface area contributed by atoms with Gasteiger partial charge in [0.2, 0.25) is 0 Å². The van der Waals surface area contributed by atoms with Crippen LogP contribution in [0, 0.1) is 0 Å². The zero-order valence-corrected chi connectivity index (χ0v) is 10.4. The molecule has 1 heterocycles. The Morgan fingerprint density at radius 2 is 1.45 bits per heavy atom. The molecule has 0 spiro atoms. The Morgan fingerprint density at radius 1 is 0.900 bits per heavy atom. The average Bonchev–Trinajstić information content (AvgIpc) is 2.71. The molecule has 20 heavy (non-hydrogen) atoms. The van der Waals surface area contributed by atoms with Gasteiger partial charge in [0.15, 0.2) is 0 Å². The third kappa shape index (κ3) is 1.95. The van der Waals surface area contributed by atoms with Gasteiger partial charge in [-0.2, -0.15) is 10.1 Å². The van der Waals surface area contributed by atoms with Gasteiger partial charge in [-0.1, -0.05) is 12.1 Å². The Hall–Kier alpha value is -2.95. The third-order valence-corrected chi connectivity index (χ3v) is 2.99. The first-order valence-corrected chi connectivity index (χ1v) is 5.97. The van der Waals surface area contributed by atoms with Crippen LogP contribution in [0.1, 0.15) is 26.3 Å². The van der Waals surface area contributed by atoms with Crippen molar-refractivity contribution in [2.24, 2.45) is 5.10 Å². The van der Waals surface area contributed by atoms with Gasteiger partial charge >= 0.3 is 0 Å². The highest BCUT2D eigenvalue weighted by Crippen LogP contribution is 2.22. The Balaban J connectivity index is 1.88. The molecule has 2 aromatic rings. The number of benzene rings is 2. The van der Waals surface area contributed by atoms with Gasteiger partial charge in [0.1, 0.15) is 5.75 Å². The molecule has 5 heteroatoms. The maximum absolute atomic E-state index is 12.0. The average molecular weight is 266 g/mol. The smallest absolute Gasteiger partial charge is 0.282 e. The Bertz CT molecular complexity index is 685. The van der Waals surface area contributed by atoms with Crippen molar-refractivity contribution in [2.45, 2.75) is 0 Å². The number of carbonyl (C=O) groups is 2. The quantitative estimate of drug-likeness (QED) is 0.667. The standard InChI is InChI=1S/C15H10N2O3/c18-11-7-5-10(6-8-11)9-16-17-14(19)12-3-1-2-4-13(12)15(17)20/h1-9,18H/b16-9-. The zero-order valence-electron chi connectivity index (χ0n) is 10.4. The fourth-order valence-corrected chi connectivity index (χ4v) is 1.97. The highest BCUT2D eigenvalue weighted by molar-refractivity contribution is 6.21. The highest BCUT2D eigenvalue weighted by Gasteiger charge is 2.35. The number of hydrogen-bond acceptors (Lipinski definition) is 4. The first-order chi connectivity index (χ1) is 9.66. The number of hydrogen-bond donors (Lipinski definition) is 1. The van der Waals surface area contributed by atoms with Crippen LogP contribution in [0.2, 0.25) is 0 Å². The molecule has 0 unspecified atom stereocenters. The van der Waals surface area contributed by atoms with Gasteiger partial charge in [-0.3, -0.25) is 9.59 Å². The van der Waals surface area contributed by atoms with E-state index in [9.17, 15) is 14.7 Å². The van der Waals surface area contributed by atoms with Crippen LogP contribution in [0.15, 0.2) is 53.6 Å². The summed E-state index contributed by atoms with van der Waals surface area (Å²) in [7, 11) is 0. The monoisotopic (exact) mass is 266 g/mol. The minimum absolute atomic E-state index is 0.142. The number of phenolic OH excluding ortho intramolecular Hbond substituents is 1. The minimum atomic E-state index is -0.430. The molecule has 0 saturated heterocycles. The van der Waals surface area contributed by atoms with E-state index in [1.54, 1.807) is 36.4 Å². The van der Waals surface area contributed by atoms with E-state index in [1.807, 2.05) is 0 Å².